The monoisotopic (exact) mass is 462 g/mol. The Bertz CT molecular complexity index is 916. The van der Waals surface area contributed by atoms with E-state index in [4.69, 9.17) is 12.2 Å². The van der Waals surface area contributed by atoms with Crippen molar-refractivity contribution in [2.45, 2.75) is 19.3 Å². The number of amides is 1. The summed E-state index contributed by atoms with van der Waals surface area (Å²) in [6.45, 7) is 1.57. The highest BCUT2D eigenvalue weighted by atomic mass is 79.9. The van der Waals surface area contributed by atoms with Gasteiger partial charge in [0.15, 0.2) is 5.11 Å². The van der Waals surface area contributed by atoms with Gasteiger partial charge in [-0.2, -0.15) is 0 Å². The molecule has 0 atom stereocenters. The normalized spacial score (nSPS) is 13.7. The van der Waals surface area contributed by atoms with Gasteiger partial charge in [-0.1, -0.05) is 22.0 Å². The van der Waals surface area contributed by atoms with E-state index in [0.29, 0.717) is 11.4 Å². The van der Waals surface area contributed by atoms with Gasteiger partial charge in [-0.25, -0.2) is 0 Å². The van der Waals surface area contributed by atoms with E-state index in [1.807, 2.05) is 29.2 Å². The molecule has 9 heteroatoms. The first kappa shape index (κ1) is 20.2. The van der Waals surface area contributed by atoms with Crippen LogP contribution < -0.4 is 15.5 Å². The summed E-state index contributed by atoms with van der Waals surface area (Å²) in [4.78, 5) is 25.6. The highest BCUT2D eigenvalue weighted by Gasteiger charge is 2.23. The van der Waals surface area contributed by atoms with Gasteiger partial charge < -0.3 is 10.2 Å². The van der Waals surface area contributed by atoms with Gasteiger partial charge in [0.05, 0.1) is 4.92 Å². The van der Waals surface area contributed by atoms with Gasteiger partial charge in [-0.15, -0.1) is 0 Å². The van der Waals surface area contributed by atoms with Crippen LogP contribution in [0.3, 0.4) is 0 Å². The molecule has 2 aromatic carbocycles. The predicted octanol–water partition coefficient (Wildman–Crippen LogP) is 4.47. The molecule has 0 unspecified atom stereocenters. The number of nitrogens with zero attached hydrogens (tertiary/aromatic N) is 2. The van der Waals surface area contributed by atoms with Gasteiger partial charge in [0, 0.05) is 34.9 Å². The first-order valence-electron chi connectivity index (χ1n) is 8.85. The summed E-state index contributed by atoms with van der Waals surface area (Å²) in [6, 6.07) is 11.9. The van der Waals surface area contributed by atoms with E-state index in [9.17, 15) is 14.9 Å². The van der Waals surface area contributed by atoms with Crippen molar-refractivity contribution >= 4 is 56.2 Å². The lowest BCUT2D eigenvalue weighted by Gasteiger charge is -2.28. The zero-order valence-corrected chi connectivity index (χ0v) is 17.4. The fraction of sp³-hybridized carbons (Fsp3) is 0.263. The van der Waals surface area contributed by atoms with Gasteiger partial charge in [-0.3, -0.25) is 20.2 Å². The molecule has 0 radical (unpaired) electrons. The van der Waals surface area contributed by atoms with Crippen LogP contribution in [0, 0.1) is 10.1 Å². The van der Waals surface area contributed by atoms with Gasteiger partial charge in [0.1, 0.15) is 5.69 Å². The van der Waals surface area contributed by atoms with E-state index in [1.165, 1.54) is 6.07 Å². The van der Waals surface area contributed by atoms with Crippen LogP contribution in [0.15, 0.2) is 46.9 Å². The van der Waals surface area contributed by atoms with Crippen molar-refractivity contribution in [2.75, 3.05) is 23.3 Å². The quantitative estimate of drug-likeness (QED) is 0.395. The van der Waals surface area contributed by atoms with Crippen LogP contribution in [0.2, 0.25) is 0 Å². The largest absolute Gasteiger partial charge is 0.366 e. The number of halogens is 1. The van der Waals surface area contributed by atoms with Crippen LogP contribution >= 0.6 is 28.1 Å². The third kappa shape index (κ3) is 5.05. The van der Waals surface area contributed by atoms with Gasteiger partial charge in [-0.05, 0) is 61.8 Å². The van der Waals surface area contributed by atoms with E-state index in [0.717, 1.165) is 36.8 Å². The number of nitro groups is 1. The molecule has 146 valence electrons. The Morgan fingerprint density at radius 1 is 1.14 bits per heavy atom. The van der Waals surface area contributed by atoms with Crippen LogP contribution in [-0.2, 0) is 0 Å². The topological polar surface area (TPSA) is 87.5 Å². The number of carbonyl (C=O) groups excluding carboxylic acids is 1. The highest BCUT2D eigenvalue weighted by molar-refractivity contribution is 9.10. The summed E-state index contributed by atoms with van der Waals surface area (Å²) in [6.07, 6.45) is 3.15. The fourth-order valence-electron chi connectivity index (χ4n) is 3.12. The number of nitro benzene ring substituents is 1. The van der Waals surface area contributed by atoms with E-state index in [2.05, 4.69) is 26.6 Å². The van der Waals surface area contributed by atoms with Gasteiger partial charge >= 0.3 is 0 Å². The van der Waals surface area contributed by atoms with Crippen molar-refractivity contribution < 1.29 is 9.72 Å². The zero-order valence-electron chi connectivity index (χ0n) is 15.0. The second kappa shape index (κ2) is 9.11. The summed E-state index contributed by atoms with van der Waals surface area (Å²) in [7, 11) is 0. The molecular formula is C19H19BrN4O3S. The molecule has 0 saturated carbocycles. The third-order valence-corrected chi connectivity index (χ3v) is 5.14. The molecule has 1 saturated heterocycles. The Morgan fingerprint density at radius 2 is 1.89 bits per heavy atom. The summed E-state index contributed by atoms with van der Waals surface area (Å²) in [5, 5.41) is 17.1. The van der Waals surface area contributed by atoms with Crippen LogP contribution in [0.5, 0.6) is 0 Å². The van der Waals surface area contributed by atoms with Gasteiger partial charge in [0.25, 0.3) is 11.6 Å². The third-order valence-electron chi connectivity index (χ3n) is 4.44. The van der Waals surface area contributed by atoms with Crippen molar-refractivity contribution in [3.8, 4) is 0 Å². The molecule has 0 aromatic heterocycles. The lowest BCUT2D eigenvalue weighted by atomic mass is 10.1. The number of benzene rings is 2. The number of anilines is 2. The number of hydrogen-bond acceptors (Lipinski definition) is 5. The van der Waals surface area contributed by atoms with Crippen molar-refractivity contribution in [2.24, 2.45) is 0 Å². The number of hydrogen-bond donors (Lipinski definition) is 2. The van der Waals surface area contributed by atoms with Crippen LogP contribution in [0.1, 0.15) is 29.6 Å². The van der Waals surface area contributed by atoms with E-state index >= 15 is 0 Å². The van der Waals surface area contributed by atoms with Crippen LogP contribution in [0.4, 0.5) is 17.1 Å². The number of nitrogens with one attached hydrogen (secondary N) is 2. The number of thiocarbonyl (C=S) groups is 1. The Kier molecular flexibility index (Phi) is 6.58. The Balaban J connectivity index is 1.73. The molecule has 0 bridgehead atoms. The van der Waals surface area contributed by atoms with Crippen LogP contribution in [-0.4, -0.2) is 29.0 Å². The predicted molar refractivity (Wildman–Crippen MR) is 117 cm³/mol. The average molecular weight is 463 g/mol. The second-order valence-electron chi connectivity index (χ2n) is 6.43. The van der Waals surface area contributed by atoms with Crippen molar-refractivity contribution in [3.63, 3.8) is 0 Å². The lowest BCUT2D eigenvalue weighted by Crippen LogP contribution is -2.34. The maximum absolute atomic E-state index is 12.5. The van der Waals surface area contributed by atoms with Crippen molar-refractivity contribution in [1.82, 2.24) is 5.32 Å². The summed E-state index contributed by atoms with van der Waals surface area (Å²) < 4.78 is 0.871. The minimum absolute atomic E-state index is 0.0691. The maximum Gasteiger partial charge on any atom is 0.293 e. The number of piperidine rings is 1. The Hall–Kier alpha value is -2.52. The molecular weight excluding hydrogens is 444 g/mol. The molecule has 2 N–H and O–H groups in total. The van der Waals surface area contributed by atoms with E-state index in [1.54, 1.807) is 12.1 Å². The molecule has 0 spiro atoms. The van der Waals surface area contributed by atoms with Crippen molar-refractivity contribution in [1.29, 1.82) is 0 Å². The first-order chi connectivity index (χ1) is 13.4. The Labute approximate surface area is 176 Å². The molecule has 1 heterocycles. The summed E-state index contributed by atoms with van der Waals surface area (Å²) in [5.74, 6) is -0.499. The Morgan fingerprint density at radius 3 is 2.57 bits per heavy atom. The first-order valence-corrected chi connectivity index (χ1v) is 10.1. The molecule has 1 aliphatic heterocycles. The zero-order chi connectivity index (χ0) is 20.1. The fourth-order valence-corrected chi connectivity index (χ4v) is 3.73. The summed E-state index contributed by atoms with van der Waals surface area (Å²) >= 11 is 8.53. The molecule has 1 aliphatic rings. The highest BCUT2D eigenvalue weighted by Crippen LogP contribution is 2.31. The standard InChI is InChI=1S/C19H19BrN4O3S/c20-14-5-4-6-15(12-14)21-19(28)22-18(25)13-7-8-16(17(11-13)24(26)27)23-9-2-1-3-10-23/h4-8,11-12H,1-3,9-10H2,(H2,21,22,25,28). The second-order valence-corrected chi connectivity index (χ2v) is 7.75. The lowest BCUT2D eigenvalue weighted by molar-refractivity contribution is -0.384. The molecule has 3 rings (SSSR count). The SMILES string of the molecule is O=C(NC(=S)Nc1cccc(Br)c1)c1ccc(N2CCCCC2)c([N+](=O)[O-])c1. The molecule has 2 aromatic rings. The van der Waals surface area contributed by atoms with Crippen LogP contribution in [0.25, 0.3) is 0 Å². The summed E-state index contributed by atoms with van der Waals surface area (Å²) in [5.41, 5.74) is 1.38. The molecule has 1 amide bonds. The van der Waals surface area contributed by atoms with E-state index in [-0.39, 0.29) is 16.4 Å². The molecule has 7 nitrogen and oxygen atoms in total. The molecule has 1 fully saturated rings. The average Bonchev–Trinajstić information content (AvgIpc) is 2.68. The minimum Gasteiger partial charge on any atom is -0.366 e. The van der Waals surface area contributed by atoms with Crippen molar-refractivity contribution in [3.05, 3.63) is 62.6 Å². The smallest absolute Gasteiger partial charge is 0.293 e. The maximum atomic E-state index is 12.5. The minimum atomic E-state index is -0.499. The van der Waals surface area contributed by atoms with E-state index < -0.39 is 10.8 Å². The molecule has 0 aliphatic carbocycles. The number of rotatable bonds is 4. The van der Waals surface area contributed by atoms with Gasteiger partial charge in [0.2, 0.25) is 0 Å². The molecule has 28 heavy (non-hydrogen) atoms. The number of carbonyl (C=O) groups is 1.